The van der Waals surface area contributed by atoms with Gasteiger partial charge in [-0.15, -0.1) is 0 Å². The molecule has 0 aliphatic carbocycles. The Morgan fingerprint density at radius 1 is 1.22 bits per heavy atom. The summed E-state index contributed by atoms with van der Waals surface area (Å²) in [6.07, 6.45) is 0.533. The highest BCUT2D eigenvalue weighted by molar-refractivity contribution is 5.91. The number of benzene rings is 2. The van der Waals surface area contributed by atoms with Crippen molar-refractivity contribution in [2.24, 2.45) is 0 Å². The maximum Gasteiger partial charge on any atom is 0.271 e. The standard InChI is InChI=1S/C16H13N3O4/c20-15(17-11-4-3-5-12(10-11)19(21)22)8-9-16-18-13-6-1-2-7-14(13)23-16/h1-7,10H,8-9H2,(H,17,20). The number of amides is 1. The molecule has 0 aliphatic rings. The number of hydrogen-bond acceptors (Lipinski definition) is 5. The summed E-state index contributed by atoms with van der Waals surface area (Å²) in [5.74, 6) is 0.230. The van der Waals surface area contributed by atoms with Crippen molar-refractivity contribution in [3.05, 3.63) is 64.5 Å². The second-order valence-corrected chi connectivity index (χ2v) is 4.93. The Bertz CT molecular complexity index is 839. The molecule has 7 heteroatoms. The number of rotatable bonds is 5. The molecule has 1 heterocycles. The van der Waals surface area contributed by atoms with Crippen LogP contribution in [0.2, 0.25) is 0 Å². The van der Waals surface area contributed by atoms with Crippen LogP contribution in [0.25, 0.3) is 11.1 Å². The molecular weight excluding hydrogens is 298 g/mol. The smallest absolute Gasteiger partial charge is 0.271 e. The third-order valence-corrected chi connectivity index (χ3v) is 3.24. The summed E-state index contributed by atoms with van der Waals surface area (Å²) in [5, 5.41) is 13.3. The summed E-state index contributed by atoms with van der Waals surface area (Å²) < 4.78 is 5.54. The van der Waals surface area contributed by atoms with E-state index in [0.717, 1.165) is 5.52 Å². The zero-order valence-corrected chi connectivity index (χ0v) is 12.1. The molecule has 3 rings (SSSR count). The Labute approximate surface area is 131 Å². The van der Waals surface area contributed by atoms with E-state index in [9.17, 15) is 14.9 Å². The van der Waals surface area contributed by atoms with Crippen LogP contribution < -0.4 is 5.32 Å². The molecule has 0 aliphatic heterocycles. The average molecular weight is 311 g/mol. The minimum absolute atomic E-state index is 0.0678. The van der Waals surface area contributed by atoms with E-state index in [1.165, 1.54) is 18.2 Å². The van der Waals surface area contributed by atoms with Crippen molar-refractivity contribution < 1.29 is 14.1 Å². The normalized spacial score (nSPS) is 10.6. The fraction of sp³-hybridized carbons (Fsp3) is 0.125. The molecule has 0 saturated carbocycles. The Morgan fingerprint density at radius 3 is 2.83 bits per heavy atom. The number of aromatic nitrogens is 1. The molecule has 23 heavy (non-hydrogen) atoms. The monoisotopic (exact) mass is 311 g/mol. The van der Waals surface area contributed by atoms with Crippen molar-refractivity contribution in [3.8, 4) is 0 Å². The van der Waals surface area contributed by atoms with Crippen LogP contribution in [0.5, 0.6) is 0 Å². The minimum atomic E-state index is -0.506. The van der Waals surface area contributed by atoms with Gasteiger partial charge < -0.3 is 9.73 Å². The number of oxazole rings is 1. The van der Waals surface area contributed by atoms with Crippen LogP contribution in [-0.2, 0) is 11.2 Å². The first kappa shape index (κ1) is 14.7. The quantitative estimate of drug-likeness (QED) is 0.575. The van der Waals surface area contributed by atoms with Crippen LogP contribution in [0.4, 0.5) is 11.4 Å². The predicted molar refractivity (Wildman–Crippen MR) is 84.1 cm³/mol. The van der Waals surface area contributed by atoms with Gasteiger partial charge in [0.15, 0.2) is 11.5 Å². The fourth-order valence-corrected chi connectivity index (χ4v) is 2.17. The Hall–Kier alpha value is -3.22. The van der Waals surface area contributed by atoms with Gasteiger partial charge in [0.25, 0.3) is 5.69 Å². The molecule has 0 spiro atoms. The lowest BCUT2D eigenvalue weighted by Gasteiger charge is -2.03. The number of hydrogen-bond donors (Lipinski definition) is 1. The summed E-state index contributed by atoms with van der Waals surface area (Å²) in [6, 6.07) is 13.2. The Balaban J connectivity index is 1.61. The van der Waals surface area contributed by atoms with Crippen molar-refractivity contribution in [2.45, 2.75) is 12.8 Å². The van der Waals surface area contributed by atoms with Gasteiger partial charge in [0.05, 0.1) is 4.92 Å². The topological polar surface area (TPSA) is 98.3 Å². The molecule has 1 aromatic heterocycles. The molecule has 0 saturated heterocycles. The van der Waals surface area contributed by atoms with Crippen molar-refractivity contribution in [1.82, 2.24) is 4.98 Å². The number of aryl methyl sites for hydroxylation is 1. The summed E-state index contributed by atoms with van der Waals surface area (Å²) in [4.78, 5) is 26.4. The summed E-state index contributed by atoms with van der Waals surface area (Å²) in [5.41, 5.74) is 1.76. The summed E-state index contributed by atoms with van der Waals surface area (Å²) in [6.45, 7) is 0. The lowest BCUT2D eigenvalue weighted by atomic mass is 10.2. The van der Waals surface area contributed by atoms with Crippen molar-refractivity contribution in [1.29, 1.82) is 0 Å². The lowest BCUT2D eigenvalue weighted by molar-refractivity contribution is -0.384. The maximum absolute atomic E-state index is 11.9. The first-order chi connectivity index (χ1) is 11.1. The maximum atomic E-state index is 11.9. The summed E-state index contributed by atoms with van der Waals surface area (Å²) in [7, 11) is 0. The molecule has 7 nitrogen and oxygen atoms in total. The molecule has 0 bridgehead atoms. The van der Waals surface area contributed by atoms with Crippen LogP contribution in [0.3, 0.4) is 0 Å². The number of carbonyl (C=O) groups excluding carboxylic acids is 1. The first-order valence-electron chi connectivity index (χ1n) is 7.00. The van der Waals surface area contributed by atoms with Gasteiger partial charge in [-0.3, -0.25) is 14.9 Å². The zero-order valence-electron chi connectivity index (χ0n) is 12.1. The lowest BCUT2D eigenvalue weighted by Crippen LogP contribution is -2.12. The molecule has 116 valence electrons. The van der Waals surface area contributed by atoms with Crippen molar-refractivity contribution in [2.75, 3.05) is 5.32 Å². The second kappa shape index (κ2) is 6.27. The molecule has 1 amide bonds. The molecule has 0 unspecified atom stereocenters. The number of fused-ring (bicyclic) bond motifs is 1. The zero-order chi connectivity index (χ0) is 16.2. The Kier molecular flexibility index (Phi) is 4.01. The largest absolute Gasteiger partial charge is 0.441 e. The van der Waals surface area contributed by atoms with Crippen molar-refractivity contribution >= 4 is 28.4 Å². The minimum Gasteiger partial charge on any atom is -0.441 e. The van der Waals surface area contributed by atoms with Gasteiger partial charge in [-0.2, -0.15) is 0 Å². The highest BCUT2D eigenvalue weighted by atomic mass is 16.6. The van der Waals surface area contributed by atoms with E-state index in [-0.39, 0.29) is 18.0 Å². The number of nitro groups is 1. The van der Waals surface area contributed by atoms with Crippen molar-refractivity contribution in [3.63, 3.8) is 0 Å². The van der Waals surface area contributed by atoms with Crippen LogP contribution >= 0.6 is 0 Å². The Morgan fingerprint density at radius 2 is 2.04 bits per heavy atom. The van der Waals surface area contributed by atoms with Gasteiger partial charge in [-0.25, -0.2) is 4.98 Å². The van der Waals surface area contributed by atoms with Gasteiger partial charge in [0, 0.05) is 30.7 Å². The second-order valence-electron chi connectivity index (χ2n) is 4.93. The van der Waals surface area contributed by atoms with E-state index in [4.69, 9.17) is 4.42 Å². The van der Waals surface area contributed by atoms with Crippen LogP contribution in [-0.4, -0.2) is 15.8 Å². The molecule has 2 aromatic carbocycles. The number of nitrogens with zero attached hydrogens (tertiary/aromatic N) is 2. The SMILES string of the molecule is O=C(CCc1nc2ccccc2o1)Nc1cccc([N+](=O)[O-])c1. The van der Waals surface area contributed by atoms with Crippen LogP contribution in [0, 0.1) is 10.1 Å². The molecule has 1 N–H and O–H groups in total. The molecule has 0 fully saturated rings. The first-order valence-corrected chi connectivity index (χ1v) is 7.00. The van der Waals surface area contributed by atoms with E-state index in [1.54, 1.807) is 6.07 Å². The van der Waals surface area contributed by atoms with Gasteiger partial charge in [-0.1, -0.05) is 18.2 Å². The molecule has 0 radical (unpaired) electrons. The van der Waals surface area contributed by atoms with E-state index < -0.39 is 4.92 Å². The highest BCUT2D eigenvalue weighted by Gasteiger charge is 2.10. The molecule has 0 atom stereocenters. The molecule has 3 aromatic rings. The number of carbonyl (C=O) groups is 1. The van der Waals surface area contributed by atoms with E-state index in [0.29, 0.717) is 23.6 Å². The van der Waals surface area contributed by atoms with Gasteiger partial charge >= 0.3 is 0 Å². The van der Waals surface area contributed by atoms with E-state index in [1.807, 2.05) is 24.3 Å². The number of nitrogens with one attached hydrogen (secondary N) is 1. The van der Waals surface area contributed by atoms with Crippen LogP contribution in [0.1, 0.15) is 12.3 Å². The van der Waals surface area contributed by atoms with Gasteiger partial charge in [0.1, 0.15) is 5.52 Å². The predicted octanol–water partition coefficient (Wildman–Crippen LogP) is 3.31. The summed E-state index contributed by atoms with van der Waals surface area (Å²) >= 11 is 0. The number of anilines is 1. The van der Waals surface area contributed by atoms with E-state index in [2.05, 4.69) is 10.3 Å². The molecular formula is C16H13N3O4. The van der Waals surface area contributed by atoms with Gasteiger partial charge in [0.2, 0.25) is 5.91 Å². The third kappa shape index (κ3) is 3.52. The third-order valence-electron chi connectivity index (χ3n) is 3.24. The number of non-ortho nitro benzene ring substituents is 1. The average Bonchev–Trinajstić information content (AvgIpc) is 2.96. The highest BCUT2D eigenvalue weighted by Crippen LogP contribution is 2.18. The van der Waals surface area contributed by atoms with E-state index >= 15 is 0 Å². The van der Waals surface area contributed by atoms with Gasteiger partial charge in [-0.05, 0) is 18.2 Å². The van der Waals surface area contributed by atoms with Crippen LogP contribution in [0.15, 0.2) is 52.9 Å². The fourth-order valence-electron chi connectivity index (χ4n) is 2.17. The number of para-hydroxylation sites is 2. The number of nitro benzene ring substituents is 1.